The van der Waals surface area contributed by atoms with Gasteiger partial charge < -0.3 is 10.6 Å². The summed E-state index contributed by atoms with van der Waals surface area (Å²) in [6.07, 6.45) is 1.62. The van der Waals surface area contributed by atoms with Crippen molar-refractivity contribution in [2.45, 2.75) is 6.92 Å². The van der Waals surface area contributed by atoms with Crippen LogP contribution in [0.25, 0.3) is 0 Å². The van der Waals surface area contributed by atoms with Gasteiger partial charge in [-0.3, -0.25) is 0 Å². The number of para-hydroxylation sites is 1. The SMILES string of the molecule is CCNc1ncc(Br)c(Nc2ccccc2F)n1. The highest BCUT2D eigenvalue weighted by molar-refractivity contribution is 9.10. The van der Waals surface area contributed by atoms with Gasteiger partial charge in [-0.2, -0.15) is 4.98 Å². The molecule has 4 nitrogen and oxygen atoms in total. The lowest BCUT2D eigenvalue weighted by molar-refractivity contribution is 0.632. The number of hydrogen-bond acceptors (Lipinski definition) is 4. The summed E-state index contributed by atoms with van der Waals surface area (Å²) in [6.45, 7) is 2.68. The normalized spacial score (nSPS) is 10.2. The van der Waals surface area contributed by atoms with Crippen molar-refractivity contribution < 1.29 is 4.39 Å². The Labute approximate surface area is 113 Å². The standard InChI is InChI=1S/C12H12BrFN4/c1-2-15-12-16-7-8(13)11(18-12)17-10-6-4-3-5-9(10)14/h3-7H,2H2,1H3,(H2,15,16,17,18). The van der Waals surface area contributed by atoms with E-state index >= 15 is 0 Å². The lowest BCUT2D eigenvalue weighted by atomic mass is 10.3. The molecule has 2 rings (SSSR count). The van der Waals surface area contributed by atoms with Gasteiger partial charge in [-0.25, -0.2) is 9.37 Å². The van der Waals surface area contributed by atoms with Gasteiger partial charge in [0, 0.05) is 12.7 Å². The summed E-state index contributed by atoms with van der Waals surface area (Å²) < 4.78 is 14.2. The first-order chi connectivity index (χ1) is 8.70. The Morgan fingerprint density at radius 3 is 2.83 bits per heavy atom. The lowest BCUT2D eigenvalue weighted by Crippen LogP contribution is -2.05. The Hall–Kier alpha value is -1.69. The second-order valence-electron chi connectivity index (χ2n) is 3.53. The molecule has 0 radical (unpaired) electrons. The fourth-order valence-electron chi connectivity index (χ4n) is 1.39. The minimum absolute atomic E-state index is 0.326. The highest BCUT2D eigenvalue weighted by atomic mass is 79.9. The molecule has 2 aromatic rings. The van der Waals surface area contributed by atoms with Crippen LogP contribution in [-0.4, -0.2) is 16.5 Å². The van der Waals surface area contributed by atoms with E-state index < -0.39 is 0 Å². The number of nitrogens with one attached hydrogen (secondary N) is 2. The zero-order chi connectivity index (χ0) is 13.0. The summed E-state index contributed by atoms with van der Waals surface area (Å²) in [6, 6.07) is 6.44. The highest BCUT2D eigenvalue weighted by Gasteiger charge is 2.07. The van der Waals surface area contributed by atoms with Crippen molar-refractivity contribution in [3.8, 4) is 0 Å². The average Bonchev–Trinajstić information content (AvgIpc) is 2.36. The monoisotopic (exact) mass is 310 g/mol. The predicted octanol–water partition coefficient (Wildman–Crippen LogP) is 3.55. The van der Waals surface area contributed by atoms with Crippen molar-refractivity contribution in [3.05, 3.63) is 40.8 Å². The van der Waals surface area contributed by atoms with E-state index in [2.05, 4.69) is 36.5 Å². The van der Waals surface area contributed by atoms with Crippen LogP contribution in [-0.2, 0) is 0 Å². The molecular formula is C12H12BrFN4. The van der Waals surface area contributed by atoms with Crippen molar-refractivity contribution >= 4 is 33.4 Å². The Kier molecular flexibility index (Phi) is 4.09. The molecule has 2 N–H and O–H groups in total. The number of nitrogens with zero attached hydrogens (tertiary/aromatic N) is 2. The third-order valence-electron chi connectivity index (χ3n) is 2.21. The van der Waals surface area contributed by atoms with E-state index in [1.165, 1.54) is 6.07 Å². The largest absolute Gasteiger partial charge is 0.354 e. The van der Waals surface area contributed by atoms with Crippen molar-refractivity contribution in [3.63, 3.8) is 0 Å². The van der Waals surface area contributed by atoms with E-state index in [-0.39, 0.29) is 5.82 Å². The fraction of sp³-hybridized carbons (Fsp3) is 0.167. The zero-order valence-electron chi connectivity index (χ0n) is 9.74. The summed E-state index contributed by atoms with van der Waals surface area (Å²) in [5, 5.41) is 5.93. The highest BCUT2D eigenvalue weighted by Crippen LogP contribution is 2.25. The molecule has 0 fully saturated rings. The van der Waals surface area contributed by atoms with Gasteiger partial charge in [0.05, 0.1) is 10.2 Å². The molecule has 0 saturated heterocycles. The molecule has 0 spiro atoms. The first kappa shape index (κ1) is 12.8. The quantitative estimate of drug-likeness (QED) is 0.906. The van der Waals surface area contributed by atoms with E-state index in [1.54, 1.807) is 24.4 Å². The van der Waals surface area contributed by atoms with Crippen LogP contribution in [0.1, 0.15) is 6.92 Å². The summed E-state index contributed by atoms with van der Waals surface area (Å²) >= 11 is 3.33. The van der Waals surface area contributed by atoms with Gasteiger partial charge >= 0.3 is 0 Å². The smallest absolute Gasteiger partial charge is 0.224 e. The molecule has 0 saturated carbocycles. The topological polar surface area (TPSA) is 49.8 Å². The minimum Gasteiger partial charge on any atom is -0.354 e. The molecule has 0 amide bonds. The van der Waals surface area contributed by atoms with E-state index in [9.17, 15) is 4.39 Å². The van der Waals surface area contributed by atoms with E-state index in [0.29, 0.717) is 21.9 Å². The van der Waals surface area contributed by atoms with Crippen LogP contribution in [0.15, 0.2) is 34.9 Å². The number of aromatic nitrogens is 2. The maximum atomic E-state index is 13.5. The van der Waals surface area contributed by atoms with Gasteiger partial charge in [0.1, 0.15) is 11.6 Å². The Morgan fingerprint density at radius 2 is 2.11 bits per heavy atom. The van der Waals surface area contributed by atoms with Gasteiger partial charge in [-0.15, -0.1) is 0 Å². The van der Waals surface area contributed by atoms with Crippen molar-refractivity contribution in [2.75, 3.05) is 17.2 Å². The third kappa shape index (κ3) is 2.95. The van der Waals surface area contributed by atoms with E-state index in [1.807, 2.05) is 6.92 Å². The summed E-state index contributed by atoms with van der Waals surface area (Å²) in [4.78, 5) is 8.34. The molecule has 0 aliphatic rings. The second-order valence-corrected chi connectivity index (χ2v) is 4.38. The van der Waals surface area contributed by atoms with Crippen molar-refractivity contribution in [1.29, 1.82) is 0 Å². The number of anilines is 3. The fourth-order valence-corrected chi connectivity index (χ4v) is 1.68. The van der Waals surface area contributed by atoms with E-state index in [4.69, 9.17) is 0 Å². The van der Waals surface area contributed by atoms with Crippen LogP contribution in [0.2, 0.25) is 0 Å². The van der Waals surface area contributed by atoms with Crippen LogP contribution in [0.3, 0.4) is 0 Å². The van der Waals surface area contributed by atoms with Gasteiger partial charge in [-0.05, 0) is 35.0 Å². The molecular weight excluding hydrogens is 299 g/mol. The molecule has 1 heterocycles. The minimum atomic E-state index is -0.326. The molecule has 0 bridgehead atoms. The van der Waals surface area contributed by atoms with Gasteiger partial charge in [0.25, 0.3) is 0 Å². The molecule has 18 heavy (non-hydrogen) atoms. The molecule has 1 aromatic heterocycles. The Balaban J connectivity index is 2.28. The Bertz CT molecular complexity index is 547. The van der Waals surface area contributed by atoms with E-state index in [0.717, 1.165) is 6.54 Å². The van der Waals surface area contributed by atoms with Crippen LogP contribution in [0.4, 0.5) is 21.8 Å². The Morgan fingerprint density at radius 1 is 1.33 bits per heavy atom. The molecule has 0 unspecified atom stereocenters. The third-order valence-corrected chi connectivity index (χ3v) is 2.79. The number of halogens is 2. The summed E-state index contributed by atoms with van der Waals surface area (Å²) in [7, 11) is 0. The average molecular weight is 311 g/mol. The molecule has 1 aromatic carbocycles. The van der Waals surface area contributed by atoms with Crippen LogP contribution >= 0.6 is 15.9 Å². The van der Waals surface area contributed by atoms with Gasteiger partial charge in [0.2, 0.25) is 5.95 Å². The van der Waals surface area contributed by atoms with Crippen LogP contribution in [0.5, 0.6) is 0 Å². The van der Waals surface area contributed by atoms with Crippen LogP contribution in [0, 0.1) is 5.82 Å². The van der Waals surface area contributed by atoms with Crippen molar-refractivity contribution in [2.24, 2.45) is 0 Å². The van der Waals surface area contributed by atoms with Crippen molar-refractivity contribution in [1.82, 2.24) is 9.97 Å². The first-order valence-corrected chi connectivity index (χ1v) is 6.28. The first-order valence-electron chi connectivity index (χ1n) is 5.48. The molecule has 0 atom stereocenters. The zero-order valence-corrected chi connectivity index (χ0v) is 11.3. The maximum Gasteiger partial charge on any atom is 0.224 e. The maximum absolute atomic E-state index is 13.5. The van der Waals surface area contributed by atoms with Gasteiger partial charge in [-0.1, -0.05) is 12.1 Å². The molecule has 94 valence electrons. The predicted molar refractivity (Wildman–Crippen MR) is 73.6 cm³/mol. The number of hydrogen-bond donors (Lipinski definition) is 2. The summed E-state index contributed by atoms with van der Waals surface area (Å²) in [5.41, 5.74) is 0.374. The lowest BCUT2D eigenvalue weighted by Gasteiger charge is -2.09. The summed E-state index contributed by atoms with van der Waals surface area (Å²) in [5.74, 6) is 0.693. The van der Waals surface area contributed by atoms with Crippen LogP contribution < -0.4 is 10.6 Å². The molecule has 6 heteroatoms. The van der Waals surface area contributed by atoms with Gasteiger partial charge in [0.15, 0.2) is 0 Å². The molecule has 0 aliphatic heterocycles. The number of benzene rings is 1. The second kappa shape index (κ2) is 5.77. The molecule has 0 aliphatic carbocycles. The number of rotatable bonds is 4.